The predicted molar refractivity (Wildman–Crippen MR) is 95.9 cm³/mol. The Morgan fingerprint density at radius 1 is 1.09 bits per heavy atom. The molecule has 1 aromatic rings. The summed E-state index contributed by atoms with van der Waals surface area (Å²) in [4.78, 5) is 0. The van der Waals surface area contributed by atoms with E-state index in [1.54, 1.807) is 6.08 Å². The summed E-state index contributed by atoms with van der Waals surface area (Å²) in [6.07, 6.45) is 7.40. The SMILES string of the molecule is C=C/C(=C\C=C/C)Oc1ccc(B2OC(C)(C)C(C)(C)O2)cc1. The summed E-state index contributed by atoms with van der Waals surface area (Å²) in [6, 6.07) is 7.75. The maximum Gasteiger partial charge on any atom is 0.494 e. The molecule has 0 atom stereocenters. The van der Waals surface area contributed by atoms with Crippen molar-refractivity contribution >= 4 is 12.6 Å². The summed E-state index contributed by atoms with van der Waals surface area (Å²) in [6.45, 7) is 13.9. The van der Waals surface area contributed by atoms with E-state index in [1.807, 2.05) is 77.1 Å². The topological polar surface area (TPSA) is 27.7 Å². The van der Waals surface area contributed by atoms with Crippen LogP contribution in [0.5, 0.6) is 5.75 Å². The summed E-state index contributed by atoms with van der Waals surface area (Å²) < 4.78 is 17.9. The zero-order valence-corrected chi connectivity index (χ0v) is 14.6. The van der Waals surface area contributed by atoms with Crippen LogP contribution in [0.2, 0.25) is 0 Å². The van der Waals surface area contributed by atoms with Gasteiger partial charge in [-0.05, 0) is 64.4 Å². The van der Waals surface area contributed by atoms with Crippen LogP contribution in [0.1, 0.15) is 34.6 Å². The Kier molecular flexibility index (Phi) is 5.17. The van der Waals surface area contributed by atoms with Crippen LogP contribution in [0.15, 0.2) is 60.9 Å². The van der Waals surface area contributed by atoms with Gasteiger partial charge in [0.05, 0.1) is 11.2 Å². The number of hydrogen-bond donors (Lipinski definition) is 0. The van der Waals surface area contributed by atoms with Gasteiger partial charge in [0.25, 0.3) is 0 Å². The molecule has 1 heterocycles. The minimum atomic E-state index is -0.355. The van der Waals surface area contributed by atoms with Crippen molar-refractivity contribution in [3.8, 4) is 5.75 Å². The molecule has 1 aliphatic rings. The minimum Gasteiger partial charge on any atom is -0.457 e. The van der Waals surface area contributed by atoms with E-state index in [1.165, 1.54) is 0 Å². The number of hydrogen-bond acceptors (Lipinski definition) is 3. The van der Waals surface area contributed by atoms with E-state index in [0.717, 1.165) is 11.2 Å². The second-order valence-corrected chi connectivity index (χ2v) is 6.56. The van der Waals surface area contributed by atoms with Gasteiger partial charge in [0, 0.05) is 0 Å². The van der Waals surface area contributed by atoms with Crippen molar-refractivity contribution in [1.29, 1.82) is 0 Å². The molecule has 1 fully saturated rings. The first-order valence-electron chi connectivity index (χ1n) is 7.88. The summed E-state index contributed by atoms with van der Waals surface area (Å²) in [5.41, 5.74) is 0.310. The molecule has 0 amide bonds. The van der Waals surface area contributed by atoms with Crippen molar-refractivity contribution in [2.75, 3.05) is 0 Å². The Balaban J connectivity index is 2.10. The van der Waals surface area contributed by atoms with Crippen LogP contribution in [0.3, 0.4) is 0 Å². The lowest BCUT2D eigenvalue weighted by Gasteiger charge is -2.32. The summed E-state index contributed by atoms with van der Waals surface area (Å²) >= 11 is 0. The lowest BCUT2D eigenvalue weighted by Crippen LogP contribution is -2.41. The number of rotatable bonds is 5. The standard InChI is InChI=1S/C19H25BO3/c1-7-9-10-16(8-2)21-17-13-11-15(12-14-17)20-22-18(3,4)19(5,6)23-20/h7-14H,2H2,1,3-6H3/b9-7-,16-10+. The highest BCUT2D eigenvalue weighted by molar-refractivity contribution is 6.62. The minimum absolute atomic E-state index is 0.335. The summed E-state index contributed by atoms with van der Waals surface area (Å²) in [7, 11) is -0.355. The van der Waals surface area contributed by atoms with Gasteiger partial charge in [-0.3, -0.25) is 0 Å². The third-order valence-corrected chi connectivity index (χ3v) is 4.30. The molecule has 0 aromatic heterocycles. The first kappa shape index (κ1) is 17.6. The molecule has 0 bridgehead atoms. The Labute approximate surface area is 139 Å². The first-order valence-corrected chi connectivity index (χ1v) is 7.88. The molecule has 1 aliphatic heterocycles. The quantitative estimate of drug-likeness (QED) is 0.467. The van der Waals surface area contributed by atoms with Crippen LogP contribution < -0.4 is 10.2 Å². The van der Waals surface area contributed by atoms with E-state index in [-0.39, 0.29) is 18.3 Å². The Bertz CT molecular complexity index is 596. The van der Waals surface area contributed by atoms with Gasteiger partial charge in [0.15, 0.2) is 0 Å². The third kappa shape index (κ3) is 3.95. The van der Waals surface area contributed by atoms with Crippen molar-refractivity contribution in [3.05, 3.63) is 60.9 Å². The fourth-order valence-electron chi connectivity index (χ4n) is 2.14. The lowest BCUT2D eigenvalue weighted by atomic mass is 9.79. The number of allylic oxidation sites excluding steroid dienone is 4. The Morgan fingerprint density at radius 2 is 1.65 bits per heavy atom. The van der Waals surface area contributed by atoms with Gasteiger partial charge >= 0.3 is 7.12 Å². The largest absolute Gasteiger partial charge is 0.494 e. The summed E-state index contributed by atoms with van der Waals surface area (Å²) in [5, 5.41) is 0. The van der Waals surface area contributed by atoms with Crippen molar-refractivity contribution in [2.24, 2.45) is 0 Å². The van der Waals surface area contributed by atoms with Gasteiger partial charge in [-0.25, -0.2) is 0 Å². The zero-order valence-electron chi connectivity index (χ0n) is 14.6. The second-order valence-electron chi connectivity index (χ2n) is 6.56. The monoisotopic (exact) mass is 312 g/mol. The van der Waals surface area contributed by atoms with Gasteiger partial charge in [-0.1, -0.05) is 30.9 Å². The highest BCUT2D eigenvalue weighted by Crippen LogP contribution is 2.36. The first-order chi connectivity index (χ1) is 10.8. The van der Waals surface area contributed by atoms with Crippen LogP contribution >= 0.6 is 0 Å². The van der Waals surface area contributed by atoms with E-state index >= 15 is 0 Å². The maximum atomic E-state index is 6.05. The predicted octanol–water partition coefficient (Wildman–Crippen LogP) is 4.01. The van der Waals surface area contributed by atoms with E-state index in [9.17, 15) is 0 Å². The lowest BCUT2D eigenvalue weighted by molar-refractivity contribution is 0.00578. The normalized spacial score (nSPS) is 20.0. The Morgan fingerprint density at radius 3 is 2.13 bits per heavy atom. The van der Waals surface area contributed by atoms with Crippen molar-refractivity contribution in [2.45, 2.75) is 45.8 Å². The molecule has 0 saturated carbocycles. The fraction of sp³-hybridized carbons (Fsp3) is 0.368. The molecular formula is C19H25BO3. The van der Waals surface area contributed by atoms with Crippen molar-refractivity contribution in [1.82, 2.24) is 0 Å². The molecule has 0 unspecified atom stereocenters. The van der Waals surface area contributed by atoms with Crippen LogP contribution in [-0.4, -0.2) is 18.3 Å². The van der Waals surface area contributed by atoms with Crippen LogP contribution in [0, 0.1) is 0 Å². The molecule has 122 valence electrons. The van der Waals surface area contributed by atoms with E-state index in [0.29, 0.717) is 5.76 Å². The zero-order chi connectivity index (χ0) is 17.1. The molecule has 0 spiro atoms. The second kappa shape index (κ2) is 6.77. The molecule has 0 aliphatic carbocycles. The van der Waals surface area contributed by atoms with Crippen LogP contribution in [0.25, 0.3) is 0 Å². The van der Waals surface area contributed by atoms with E-state index < -0.39 is 0 Å². The van der Waals surface area contributed by atoms with Crippen molar-refractivity contribution in [3.63, 3.8) is 0 Å². The van der Waals surface area contributed by atoms with E-state index in [4.69, 9.17) is 14.0 Å². The Hall–Kier alpha value is -1.78. The van der Waals surface area contributed by atoms with Gasteiger partial charge < -0.3 is 14.0 Å². The molecule has 23 heavy (non-hydrogen) atoms. The van der Waals surface area contributed by atoms with Gasteiger partial charge in [0.1, 0.15) is 11.5 Å². The van der Waals surface area contributed by atoms with Crippen molar-refractivity contribution < 1.29 is 14.0 Å². The van der Waals surface area contributed by atoms with Crippen LogP contribution in [0.4, 0.5) is 0 Å². The highest BCUT2D eigenvalue weighted by atomic mass is 16.7. The number of ether oxygens (including phenoxy) is 1. The van der Waals surface area contributed by atoms with Gasteiger partial charge in [-0.2, -0.15) is 0 Å². The molecule has 3 nitrogen and oxygen atoms in total. The molecule has 0 N–H and O–H groups in total. The highest BCUT2D eigenvalue weighted by Gasteiger charge is 2.51. The van der Waals surface area contributed by atoms with Gasteiger partial charge in [-0.15, -0.1) is 0 Å². The smallest absolute Gasteiger partial charge is 0.457 e. The maximum absolute atomic E-state index is 6.05. The third-order valence-electron chi connectivity index (χ3n) is 4.30. The van der Waals surface area contributed by atoms with Gasteiger partial charge in [0.2, 0.25) is 0 Å². The average Bonchev–Trinajstić information content (AvgIpc) is 2.72. The molecule has 1 aromatic carbocycles. The van der Waals surface area contributed by atoms with Crippen LogP contribution in [-0.2, 0) is 9.31 Å². The average molecular weight is 312 g/mol. The molecule has 2 rings (SSSR count). The molecule has 4 heteroatoms. The fourth-order valence-corrected chi connectivity index (χ4v) is 2.14. The molecule has 1 saturated heterocycles. The van der Waals surface area contributed by atoms with E-state index in [2.05, 4.69) is 6.58 Å². The molecular weight excluding hydrogens is 287 g/mol. The number of benzene rings is 1. The molecule has 0 radical (unpaired) electrons. The summed E-state index contributed by atoms with van der Waals surface area (Å²) in [5.74, 6) is 1.45.